The Labute approximate surface area is 129 Å². The first-order valence-electron chi connectivity index (χ1n) is 7.08. The molecule has 0 aromatic carbocycles. The highest BCUT2D eigenvalue weighted by Crippen LogP contribution is 2.09. The van der Waals surface area contributed by atoms with Crippen LogP contribution in [0.25, 0.3) is 0 Å². The third-order valence-corrected chi connectivity index (χ3v) is 3.56. The fourth-order valence-electron chi connectivity index (χ4n) is 1.28. The van der Waals surface area contributed by atoms with Gasteiger partial charge in [-0.25, -0.2) is 4.79 Å². The lowest BCUT2D eigenvalue weighted by atomic mass is 10.2. The summed E-state index contributed by atoms with van der Waals surface area (Å²) < 4.78 is 10.7. The van der Waals surface area contributed by atoms with Crippen molar-refractivity contribution in [2.24, 2.45) is 5.16 Å². The molecule has 0 aromatic rings. The van der Waals surface area contributed by atoms with Crippen molar-refractivity contribution in [3.05, 3.63) is 0 Å². The maximum absolute atomic E-state index is 12.0. The van der Waals surface area contributed by atoms with Crippen LogP contribution in [-0.4, -0.2) is 40.9 Å². The number of hydrogen-bond donors (Lipinski definition) is 0. The van der Waals surface area contributed by atoms with Crippen LogP contribution in [0.15, 0.2) is 5.16 Å². The summed E-state index contributed by atoms with van der Waals surface area (Å²) in [6.07, 6.45) is 0.254. The summed E-state index contributed by atoms with van der Waals surface area (Å²) in [4.78, 5) is 28.7. The van der Waals surface area contributed by atoms with Crippen LogP contribution < -0.4 is 0 Å². The molecule has 0 rings (SSSR count). The van der Waals surface area contributed by atoms with E-state index in [2.05, 4.69) is 5.16 Å². The number of carbonyl (C=O) groups excluding carboxylic acids is 2. The van der Waals surface area contributed by atoms with Crippen LogP contribution in [0.2, 0.25) is 39.3 Å². The van der Waals surface area contributed by atoms with Gasteiger partial charge in [-0.15, -0.1) is 0 Å². The molecule has 0 atom stereocenters. The van der Waals surface area contributed by atoms with Gasteiger partial charge in [0.25, 0.3) is 5.97 Å². The van der Waals surface area contributed by atoms with Crippen LogP contribution in [0, 0.1) is 0 Å². The van der Waals surface area contributed by atoms with Crippen molar-refractivity contribution in [3.8, 4) is 0 Å². The second kappa shape index (κ2) is 8.33. The van der Waals surface area contributed by atoms with Crippen molar-refractivity contribution in [2.75, 3.05) is 6.61 Å². The molecular formula is C13H27NO5Si2. The van der Waals surface area contributed by atoms with Gasteiger partial charge in [0.15, 0.2) is 5.71 Å². The lowest BCUT2D eigenvalue weighted by molar-refractivity contribution is -0.134. The maximum Gasteiger partial charge on any atom is 0.342 e. The Kier molecular flexibility index (Phi) is 7.87. The average Bonchev–Trinajstić information content (AvgIpc) is 2.24. The summed E-state index contributed by atoms with van der Waals surface area (Å²) in [5.41, 5.74) is 0.131. The van der Waals surface area contributed by atoms with Crippen molar-refractivity contribution < 1.29 is 23.3 Å². The minimum Gasteiger partial charge on any atom is -0.520 e. The highest BCUT2D eigenvalue weighted by molar-refractivity contribution is 6.72. The fraction of sp³-hybridized carbons (Fsp3) is 0.769. The average molecular weight is 334 g/mol. The molecule has 0 aliphatic carbocycles. The predicted octanol–water partition coefficient (Wildman–Crippen LogP) is 2.92. The quantitative estimate of drug-likeness (QED) is 0.388. The summed E-state index contributed by atoms with van der Waals surface area (Å²) in [6, 6.07) is 0. The molecule has 8 heteroatoms. The van der Waals surface area contributed by atoms with E-state index in [1.165, 1.54) is 0 Å². The molecule has 21 heavy (non-hydrogen) atoms. The fourth-order valence-corrected chi connectivity index (χ4v) is 2.74. The second-order valence-corrected chi connectivity index (χ2v) is 15.4. The van der Waals surface area contributed by atoms with Gasteiger partial charge in [-0.05, 0) is 46.2 Å². The minimum atomic E-state index is -2.01. The van der Waals surface area contributed by atoms with Crippen LogP contribution >= 0.6 is 0 Å². The summed E-state index contributed by atoms with van der Waals surface area (Å²) in [6.45, 7) is 13.6. The van der Waals surface area contributed by atoms with Gasteiger partial charge in [0.1, 0.15) is 6.61 Å². The highest BCUT2D eigenvalue weighted by atomic mass is 28.4. The van der Waals surface area contributed by atoms with Gasteiger partial charge < -0.3 is 13.7 Å². The molecule has 0 saturated heterocycles. The second-order valence-electron chi connectivity index (χ2n) is 6.54. The Bertz CT molecular complexity index is 396. The van der Waals surface area contributed by atoms with Crippen molar-refractivity contribution in [1.29, 1.82) is 0 Å². The van der Waals surface area contributed by atoms with Gasteiger partial charge in [0.2, 0.25) is 16.6 Å². The van der Waals surface area contributed by atoms with Crippen molar-refractivity contribution in [1.82, 2.24) is 0 Å². The third-order valence-electron chi connectivity index (χ3n) is 1.92. The molecule has 0 aliphatic rings. The van der Waals surface area contributed by atoms with E-state index in [9.17, 15) is 9.59 Å². The van der Waals surface area contributed by atoms with E-state index >= 15 is 0 Å². The Morgan fingerprint density at radius 1 is 0.905 bits per heavy atom. The molecule has 0 fully saturated rings. The molecule has 0 aliphatic heterocycles. The predicted molar refractivity (Wildman–Crippen MR) is 87.2 cm³/mol. The van der Waals surface area contributed by atoms with Gasteiger partial charge in [-0.2, -0.15) is 0 Å². The van der Waals surface area contributed by atoms with Gasteiger partial charge in [0, 0.05) is 6.42 Å². The van der Waals surface area contributed by atoms with Crippen molar-refractivity contribution in [3.63, 3.8) is 0 Å². The molecule has 0 N–H and O–H groups in total. The molecule has 0 aromatic heterocycles. The Hall–Kier alpha value is -1.16. The zero-order valence-corrected chi connectivity index (χ0v) is 16.1. The topological polar surface area (TPSA) is 74.2 Å². The first-order valence-corrected chi connectivity index (χ1v) is 13.9. The lowest BCUT2D eigenvalue weighted by Crippen LogP contribution is -2.34. The first-order chi connectivity index (χ1) is 9.44. The maximum atomic E-state index is 12.0. The van der Waals surface area contributed by atoms with Crippen molar-refractivity contribution >= 4 is 34.3 Å². The minimum absolute atomic E-state index is 0.0942. The van der Waals surface area contributed by atoms with E-state index in [0.717, 1.165) is 0 Å². The third kappa shape index (κ3) is 11.2. The molecule has 0 spiro atoms. The number of rotatable bonds is 8. The number of oxime groups is 1. The van der Waals surface area contributed by atoms with Crippen LogP contribution in [0.3, 0.4) is 0 Å². The van der Waals surface area contributed by atoms with Gasteiger partial charge >= 0.3 is 5.97 Å². The lowest BCUT2D eigenvalue weighted by Gasteiger charge is -2.19. The molecule has 0 unspecified atom stereocenters. The number of hydrogen-bond acceptors (Lipinski definition) is 6. The van der Waals surface area contributed by atoms with E-state index in [0.29, 0.717) is 6.61 Å². The highest BCUT2D eigenvalue weighted by Gasteiger charge is 2.26. The van der Waals surface area contributed by atoms with Crippen molar-refractivity contribution in [2.45, 2.75) is 59.0 Å². The van der Waals surface area contributed by atoms with Gasteiger partial charge in [0.05, 0.1) is 6.42 Å². The van der Waals surface area contributed by atoms with Crippen LogP contribution in [0.5, 0.6) is 0 Å². The van der Waals surface area contributed by atoms with Gasteiger partial charge in [-0.3, -0.25) is 4.79 Å². The van der Waals surface area contributed by atoms with Crippen LogP contribution in [0.1, 0.15) is 19.8 Å². The Morgan fingerprint density at radius 3 is 1.86 bits per heavy atom. The Balaban J connectivity index is 4.65. The summed E-state index contributed by atoms with van der Waals surface area (Å²) in [5, 5.41) is 3.76. The molecule has 6 nitrogen and oxygen atoms in total. The zero-order valence-electron chi connectivity index (χ0n) is 14.1. The Morgan fingerprint density at radius 2 is 1.43 bits per heavy atom. The van der Waals surface area contributed by atoms with E-state index < -0.39 is 22.6 Å². The summed E-state index contributed by atoms with van der Waals surface area (Å²) >= 11 is 0. The van der Waals surface area contributed by atoms with E-state index in [1.54, 1.807) is 6.92 Å². The monoisotopic (exact) mass is 333 g/mol. The molecule has 0 heterocycles. The standard InChI is InChI=1S/C13H27NO5Si2/c1-8-17-14-11(13(16)19-21(5,6)7)9-10-12(15)18-20(2,3)4/h8-10H2,1-7H3/b14-11-. The molecule has 0 radical (unpaired) electrons. The molecule has 122 valence electrons. The van der Waals surface area contributed by atoms with Crippen LogP contribution in [0.4, 0.5) is 0 Å². The van der Waals surface area contributed by atoms with Crippen LogP contribution in [-0.2, 0) is 23.3 Å². The van der Waals surface area contributed by atoms with E-state index in [1.807, 2.05) is 39.3 Å². The molecule has 0 saturated carbocycles. The molecule has 0 amide bonds. The first kappa shape index (κ1) is 19.8. The molecular weight excluding hydrogens is 306 g/mol. The summed E-state index contributed by atoms with van der Waals surface area (Å²) in [7, 11) is -3.93. The zero-order chi connectivity index (χ0) is 16.7. The normalized spacial score (nSPS) is 12.8. The molecule has 0 bridgehead atoms. The number of nitrogens with zero attached hydrogens (tertiary/aromatic N) is 1. The smallest absolute Gasteiger partial charge is 0.342 e. The summed E-state index contributed by atoms with van der Waals surface area (Å²) in [5.74, 6) is -0.831. The van der Waals surface area contributed by atoms with E-state index in [-0.39, 0.29) is 24.5 Å². The van der Waals surface area contributed by atoms with Gasteiger partial charge in [-0.1, -0.05) is 5.16 Å². The number of carbonyl (C=O) groups is 2. The van der Waals surface area contributed by atoms with E-state index in [4.69, 9.17) is 13.7 Å². The largest absolute Gasteiger partial charge is 0.520 e. The SMILES string of the molecule is CCO/N=C(/CCC(=O)O[Si](C)(C)C)C(=O)O[Si](C)(C)C.